The zero-order valence-corrected chi connectivity index (χ0v) is 20.6. The third-order valence-electron chi connectivity index (χ3n) is 5.50. The Labute approximate surface area is 192 Å². The molecule has 0 aliphatic carbocycles. The molecular weight excluding hydrogens is 391 g/mol. The molecule has 0 spiro atoms. The number of unbranched alkanes of at least 4 members (excludes halogenated alkanes) is 9. The SMILES string of the molecule is CCCCCCCCCCCC.c1ccc(P(c2ccccc2)c2ccccc2)cc1. The van der Waals surface area contributed by atoms with Gasteiger partial charge < -0.3 is 0 Å². The summed E-state index contributed by atoms with van der Waals surface area (Å²) in [6, 6.07) is 32.3. The summed E-state index contributed by atoms with van der Waals surface area (Å²) in [5.74, 6) is 0. The van der Waals surface area contributed by atoms with E-state index in [0.29, 0.717) is 0 Å². The van der Waals surface area contributed by atoms with Crippen molar-refractivity contribution in [1.82, 2.24) is 0 Å². The van der Waals surface area contributed by atoms with Crippen LogP contribution in [0.4, 0.5) is 0 Å². The Bertz CT molecular complexity index is 663. The minimum absolute atomic E-state index is 0.446. The van der Waals surface area contributed by atoms with E-state index < -0.39 is 7.92 Å². The number of benzene rings is 3. The Morgan fingerprint density at radius 2 is 0.645 bits per heavy atom. The van der Waals surface area contributed by atoms with Gasteiger partial charge in [-0.25, -0.2) is 0 Å². The van der Waals surface area contributed by atoms with Crippen LogP contribution in [0.3, 0.4) is 0 Å². The molecule has 0 amide bonds. The molecular formula is C30H41P. The van der Waals surface area contributed by atoms with Gasteiger partial charge in [-0.3, -0.25) is 0 Å². The third kappa shape index (κ3) is 10.3. The van der Waals surface area contributed by atoms with E-state index in [1.807, 2.05) is 0 Å². The van der Waals surface area contributed by atoms with Gasteiger partial charge in [0.25, 0.3) is 0 Å². The van der Waals surface area contributed by atoms with Crippen LogP contribution in [0.2, 0.25) is 0 Å². The van der Waals surface area contributed by atoms with Crippen molar-refractivity contribution >= 4 is 23.8 Å². The lowest BCUT2D eigenvalue weighted by molar-refractivity contribution is 0.562. The van der Waals surface area contributed by atoms with E-state index in [-0.39, 0.29) is 0 Å². The maximum atomic E-state index is 2.28. The summed E-state index contributed by atoms with van der Waals surface area (Å²) in [7, 11) is -0.446. The Hall–Kier alpha value is -1.91. The summed E-state index contributed by atoms with van der Waals surface area (Å²) in [5.41, 5.74) is 0. The molecule has 0 radical (unpaired) electrons. The summed E-state index contributed by atoms with van der Waals surface area (Å²) < 4.78 is 0. The molecule has 0 aromatic heterocycles. The van der Waals surface area contributed by atoms with Gasteiger partial charge in [-0.05, 0) is 23.8 Å². The van der Waals surface area contributed by atoms with E-state index in [1.54, 1.807) is 0 Å². The van der Waals surface area contributed by atoms with Crippen LogP contribution in [0.15, 0.2) is 91.0 Å². The third-order valence-corrected chi connectivity index (χ3v) is 7.94. The van der Waals surface area contributed by atoms with Crippen molar-refractivity contribution in [3.05, 3.63) is 91.0 Å². The second-order valence-corrected chi connectivity index (χ2v) is 10.4. The highest BCUT2D eigenvalue weighted by atomic mass is 31.1. The monoisotopic (exact) mass is 432 g/mol. The molecule has 3 aromatic carbocycles. The first-order valence-corrected chi connectivity index (χ1v) is 13.7. The van der Waals surface area contributed by atoms with Crippen LogP contribution in [0.5, 0.6) is 0 Å². The van der Waals surface area contributed by atoms with Crippen LogP contribution in [-0.4, -0.2) is 0 Å². The van der Waals surface area contributed by atoms with Crippen molar-refractivity contribution in [3.8, 4) is 0 Å². The van der Waals surface area contributed by atoms with Crippen molar-refractivity contribution < 1.29 is 0 Å². The van der Waals surface area contributed by atoms with Crippen LogP contribution >= 0.6 is 7.92 Å². The Morgan fingerprint density at radius 3 is 0.903 bits per heavy atom. The van der Waals surface area contributed by atoms with Crippen molar-refractivity contribution in [3.63, 3.8) is 0 Å². The van der Waals surface area contributed by atoms with E-state index in [1.165, 1.54) is 80.1 Å². The molecule has 166 valence electrons. The Kier molecular flexibility index (Phi) is 13.7. The number of rotatable bonds is 12. The standard InChI is InChI=1S/C18H15P.C12H26/c1-4-10-16(11-5-1)19(17-12-6-2-7-13-17)18-14-8-3-9-15-18;1-3-5-7-9-11-12-10-8-6-4-2/h1-15H;3-12H2,1-2H3. The molecule has 0 aliphatic rings. The van der Waals surface area contributed by atoms with Crippen molar-refractivity contribution in [2.75, 3.05) is 0 Å². The fourth-order valence-electron chi connectivity index (χ4n) is 3.74. The van der Waals surface area contributed by atoms with E-state index >= 15 is 0 Å². The first-order chi connectivity index (χ1) is 15.4. The molecule has 0 bridgehead atoms. The molecule has 0 heterocycles. The molecule has 0 atom stereocenters. The fraction of sp³-hybridized carbons (Fsp3) is 0.400. The van der Waals surface area contributed by atoms with Gasteiger partial charge >= 0.3 is 0 Å². The highest BCUT2D eigenvalue weighted by Gasteiger charge is 2.14. The van der Waals surface area contributed by atoms with Crippen LogP contribution < -0.4 is 15.9 Å². The first-order valence-electron chi connectivity index (χ1n) is 12.3. The molecule has 0 N–H and O–H groups in total. The Morgan fingerprint density at radius 1 is 0.387 bits per heavy atom. The lowest BCUT2D eigenvalue weighted by atomic mass is 10.1. The Balaban J connectivity index is 0.000000248. The van der Waals surface area contributed by atoms with E-state index in [2.05, 4.69) is 105 Å². The van der Waals surface area contributed by atoms with Crippen LogP contribution in [0.25, 0.3) is 0 Å². The quantitative estimate of drug-likeness (QED) is 0.199. The second kappa shape index (κ2) is 16.7. The van der Waals surface area contributed by atoms with E-state index in [4.69, 9.17) is 0 Å². The summed E-state index contributed by atoms with van der Waals surface area (Å²) in [4.78, 5) is 0. The van der Waals surface area contributed by atoms with Crippen molar-refractivity contribution in [2.24, 2.45) is 0 Å². The van der Waals surface area contributed by atoms with Crippen molar-refractivity contribution in [1.29, 1.82) is 0 Å². The smallest absolute Gasteiger partial charge is 0.0134 e. The lowest BCUT2D eigenvalue weighted by Crippen LogP contribution is -2.20. The van der Waals surface area contributed by atoms with Gasteiger partial charge in [-0.1, -0.05) is 169 Å². The van der Waals surface area contributed by atoms with Gasteiger partial charge in [-0.2, -0.15) is 0 Å². The predicted octanol–water partition coefficient (Wildman–Crippen LogP) is 8.37. The highest BCUT2D eigenvalue weighted by molar-refractivity contribution is 7.79. The largest absolute Gasteiger partial charge is 0.0654 e. The predicted molar refractivity (Wildman–Crippen MR) is 143 cm³/mol. The number of hydrogen-bond donors (Lipinski definition) is 0. The maximum absolute atomic E-state index is 2.28. The molecule has 3 aromatic rings. The molecule has 0 saturated heterocycles. The average Bonchev–Trinajstić information content (AvgIpc) is 2.84. The van der Waals surface area contributed by atoms with Gasteiger partial charge in [0.15, 0.2) is 0 Å². The van der Waals surface area contributed by atoms with Gasteiger partial charge in [0.1, 0.15) is 0 Å². The van der Waals surface area contributed by atoms with Crippen LogP contribution in [-0.2, 0) is 0 Å². The molecule has 0 fully saturated rings. The summed E-state index contributed by atoms with van der Waals surface area (Å²) in [6.45, 7) is 4.56. The average molecular weight is 433 g/mol. The van der Waals surface area contributed by atoms with Gasteiger partial charge in [0.2, 0.25) is 0 Å². The molecule has 1 heteroatoms. The number of hydrogen-bond acceptors (Lipinski definition) is 0. The van der Waals surface area contributed by atoms with Crippen molar-refractivity contribution in [2.45, 2.75) is 78.1 Å². The molecule has 0 unspecified atom stereocenters. The van der Waals surface area contributed by atoms with Gasteiger partial charge in [-0.15, -0.1) is 0 Å². The van der Waals surface area contributed by atoms with Crippen LogP contribution in [0, 0.1) is 0 Å². The second-order valence-electron chi connectivity index (χ2n) is 8.17. The fourth-order valence-corrected chi connectivity index (χ4v) is 6.04. The summed E-state index contributed by atoms with van der Waals surface area (Å²) in [6.07, 6.45) is 14.4. The minimum Gasteiger partial charge on any atom is -0.0654 e. The first kappa shape index (κ1) is 25.4. The van der Waals surface area contributed by atoms with Crippen LogP contribution in [0.1, 0.15) is 78.1 Å². The lowest BCUT2D eigenvalue weighted by Gasteiger charge is -2.18. The van der Waals surface area contributed by atoms with E-state index in [0.717, 1.165) is 0 Å². The van der Waals surface area contributed by atoms with Gasteiger partial charge in [0, 0.05) is 0 Å². The zero-order chi connectivity index (χ0) is 22.0. The molecule has 0 nitrogen and oxygen atoms in total. The molecule has 31 heavy (non-hydrogen) atoms. The normalized spacial score (nSPS) is 10.5. The molecule has 3 rings (SSSR count). The molecule has 0 saturated carbocycles. The topological polar surface area (TPSA) is 0 Å². The highest BCUT2D eigenvalue weighted by Crippen LogP contribution is 2.32. The molecule has 0 aliphatic heterocycles. The van der Waals surface area contributed by atoms with Gasteiger partial charge in [0.05, 0.1) is 0 Å². The summed E-state index contributed by atoms with van der Waals surface area (Å²) >= 11 is 0. The minimum atomic E-state index is -0.446. The zero-order valence-electron chi connectivity index (χ0n) is 19.7. The summed E-state index contributed by atoms with van der Waals surface area (Å²) in [5, 5.41) is 4.19. The van der Waals surface area contributed by atoms with E-state index in [9.17, 15) is 0 Å². The maximum Gasteiger partial charge on any atom is -0.0134 e.